The van der Waals surface area contributed by atoms with E-state index in [1.54, 1.807) is 12.1 Å². The number of carbonyl (C=O) groups excluding carboxylic acids is 1. The lowest BCUT2D eigenvalue weighted by Gasteiger charge is -2.07. The Morgan fingerprint density at radius 1 is 1.44 bits per heavy atom. The zero-order chi connectivity index (χ0) is 13.0. The number of rotatable bonds is 6. The first-order chi connectivity index (χ1) is 8.70. The quantitative estimate of drug-likeness (QED) is 0.595. The Hall–Kier alpha value is -0.870. The Labute approximate surface area is 116 Å². The van der Waals surface area contributed by atoms with Crippen molar-refractivity contribution in [2.75, 3.05) is 13.7 Å². The van der Waals surface area contributed by atoms with E-state index in [1.165, 1.54) is 20.0 Å². The molecule has 0 saturated heterocycles. The van der Waals surface area contributed by atoms with Crippen LogP contribution in [0.3, 0.4) is 0 Å². The van der Waals surface area contributed by atoms with E-state index in [2.05, 4.69) is 20.7 Å². The van der Waals surface area contributed by atoms with E-state index in [-0.39, 0.29) is 5.97 Å². The molecule has 1 aliphatic rings. The lowest BCUT2D eigenvalue weighted by molar-refractivity contribution is 0.0600. The normalized spacial score (nSPS) is 14.6. The molecule has 1 aliphatic carbocycles. The summed E-state index contributed by atoms with van der Waals surface area (Å²) in [6.45, 7) is 1.39. The minimum atomic E-state index is -0.322. The van der Waals surface area contributed by atoms with E-state index in [0.29, 0.717) is 12.2 Å². The highest BCUT2D eigenvalue weighted by Gasteiger charge is 2.20. The molecule has 0 bridgehead atoms. The first-order valence-electron chi connectivity index (χ1n) is 6.15. The van der Waals surface area contributed by atoms with Crippen LogP contribution < -0.4 is 0 Å². The van der Waals surface area contributed by atoms with Gasteiger partial charge in [-0.05, 0) is 30.0 Å². The highest BCUT2D eigenvalue weighted by molar-refractivity contribution is 9.10. The van der Waals surface area contributed by atoms with Crippen molar-refractivity contribution in [2.45, 2.75) is 25.9 Å². The predicted molar refractivity (Wildman–Crippen MR) is 72.5 cm³/mol. The molecule has 1 saturated carbocycles. The number of esters is 1. The van der Waals surface area contributed by atoms with Crippen LogP contribution in [0, 0.1) is 5.92 Å². The molecule has 0 atom stereocenters. The molecule has 3 nitrogen and oxygen atoms in total. The van der Waals surface area contributed by atoms with Crippen molar-refractivity contribution in [3.05, 3.63) is 33.8 Å². The van der Waals surface area contributed by atoms with E-state index >= 15 is 0 Å². The predicted octanol–water partition coefficient (Wildman–Crippen LogP) is 3.55. The summed E-state index contributed by atoms with van der Waals surface area (Å²) in [6.07, 6.45) is 3.89. The number of ether oxygens (including phenoxy) is 2. The van der Waals surface area contributed by atoms with Gasteiger partial charge < -0.3 is 9.47 Å². The van der Waals surface area contributed by atoms with Crippen LogP contribution in [0.4, 0.5) is 0 Å². The lowest BCUT2D eigenvalue weighted by atomic mass is 10.1. The van der Waals surface area contributed by atoms with Gasteiger partial charge in [0.25, 0.3) is 0 Å². The van der Waals surface area contributed by atoms with E-state index in [4.69, 9.17) is 4.74 Å². The van der Waals surface area contributed by atoms with Crippen LogP contribution in [-0.2, 0) is 16.1 Å². The number of carbonyl (C=O) groups is 1. The molecule has 4 heteroatoms. The third-order valence-corrected chi connectivity index (χ3v) is 3.84. The summed E-state index contributed by atoms with van der Waals surface area (Å²) in [5, 5.41) is 0. The summed E-state index contributed by atoms with van der Waals surface area (Å²) < 4.78 is 11.2. The van der Waals surface area contributed by atoms with Gasteiger partial charge in [0.05, 0.1) is 19.3 Å². The van der Waals surface area contributed by atoms with Crippen LogP contribution in [0.25, 0.3) is 0 Å². The van der Waals surface area contributed by atoms with Crippen molar-refractivity contribution in [3.63, 3.8) is 0 Å². The molecule has 0 aliphatic heterocycles. The molecule has 1 fully saturated rings. The summed E-state index contributed by atoms with van der Waals surface area (Å²) in [5.41, 5.74) is 1.60. The first-order valence-corrected chi connectivity index (χ1v) is 6.94. The second-order valence-electron chi connectivity index (χ2n) is 4.58. The van der Waals surface area contributed by atoms with Gasteiger partial charge in [-0.25, -0.2) is 4.79 Å². The molecule has 0 aromatic heterocycles. The fourth-order valence-electron chi connectivity index (χ4n) is 1.75. The smallest absolute Gasteiger partial charge is 0.337 e. The first kappa shape index (κ1) is 13.6. The number of hydrogen-bond acceptors (Lipinski definition) is 3. The lowest BCUT2D eigenvalue weighted by Crippen LogP contribution is -2.02. The molecule has 0 radical (unpaired) electrons. The van der Waals surface area contributed by atoms with Crippen LogP contribution in [0.5, 0.6) is 0 Å². The molecule has 0 amide bonds. The maximum absolute atomic E-state index is 11.3. The van der Waals surface area contributed by atoms with Crippen LogP contribution >= 0.6 is 15.9 Å². The van der Waals surface area contributed by atoms with Crippen LogP contribution in [0.2, 0.25) is 0 Å². The third-order valence-electron chi connectivity index (χ3n) is 3.10. The van der Waals surface area contributed by atoms with E-state index < -0.39 is 0 Å². The van der Waals surface area contributed by atoms with E-state index in [0.717, 1.165) is 29.0 Å². The van der Waals surface area contributed by atoms with Gasteiger partial charge in [-0.15, -0.1) is 0 Å². The van der Waals surface area contributed by atoms with Crippen molar-refractivity contribution in [1.82, 2.24) is 0 Å². The summed E-state index contributed by atoms with van der Waals surface area (Å²) in [4.78, 5) is 11.3. The molecule has 1 aromatic carbocycles. The number of halogens is 1. The van der Waals surface area contributed by atoms with Crippen molar-refractivity contribution in [3.8, 4) is 0 Å². The maximum Gasteiger partial charge on any atom is 0.337 e. The molecule has 98 valence electrons. The summed E-state index contributed by atoms with van der Waals surface area (Å²) in [5.74, 6) is 0.576. The largest absolute Gasteiger partial charge is 0.465 e. The van der Waals surface area contributed by atoms with Gasteiger partial charge in [0, 0.05) is 11.1 Å². The fraction of sp³-hybridized carbons (Fsp3) is 0.500. The van der Waals surface area contributed by atoms with Crippen molar-refractivity contribution in [2.24, 2.45) is 5.92 Å². The van der Waals surface area contributed by atoms with Gasteiger partial charge in [-0.1, -0.05) is 34.8 Å². The number of hydrogen-bond donors (Lipinski definition) is 0. The third kappa shape index (κ3) is 3.82. The second kappa shape index (κ2) is 6.34. The Morgan fingerprint density at radius 3 is 2.83 bits per heavy atom. The zero-order valence-electron chi connectivity index (χ0n) is 10.4. The van der Waals surface area contributed by atoms with Crippen molar-refractivity contribution < 1.29 is 14.3 Å². The van der Waals surface area contributed by atoms with E-state index in [9.17, 15) is 4.79 Å². The zero-order valence-corrected chi connectivity index (χ0v) is 12.0. The number of benzene rings is 1. The Bertz CT molecular complexity index is 427. The minimum absolute atomic E-state index is 0.322. The molecule has 2 rings (SSSR count). The van der Waals surface area contributed by atoms with Gasteiger partial charge in [-0.3, -0.25) is 0 Å². The number of methoxy groups -OCH3 is 1. The van der Waals surface area contributed by atoms with Crippen LogP contribution in [0.15, 0.2) is 22.7 Å². The van der Waals surface area contributed by atoms with E-state index in [1.807, 2.05) is 6.07 Å². The van der Waals surface area contributed by atoms with Gasteiger partial charge in [0.2, 0.25) is 0 Å². The van der Waals surface area contributed by atoms with Crippen molar-refractivity contribution in [1.29, 1.82) is 0 Å². The molecular weight excluding hydrogens is 296 g/mol. The van der Waals surface area contributed by atoms with Gasteiger partial charge in [0.15, 0.2) is 0 Å². The highest BCUT2D eigenvalue weighted by Crippen LogP contribution is 2.32. The topological polar surface area (TPSA) is 35.5 Å². The molecule has 1 aromatic rings. The monoisotopic (exact) mass is 312 g/mol. The highest BCUT2D eigenvalue weighted by atomic mass is 79.9. The molecule has 18 heavy (non-hydrogen) atoms. The maximum atomic E-state index is 11.3. The molecule has 0 heterocycles. The molecule has 0 spiro atoms. The fourth-order valence-corrected chi connectivity index (χ4v) is 2.24. The summed E-state index contributed by atoms with van der Waals surface area (Å²) >= 11 is 3.45. The Balaban J connectivity index is 1.85. The average Bonchev–Trinajstić information content (AvgIpc) is 3.19. The standard InChI is InChI=1S/C14H17BrO3/c1-17-14(16)11-4-5-12(13(15)8-11)9-18-7-6-10-2-3-10/h4-5,8,10H,2-3,6-7,9H2,1H3. The molecule has 0 N–H and O–H groups in total. The second-order valence-corrected chi connectivity index (χ2v) is 5.44. The van der Waals surface area contributed by atoms with Gasteiger partial charge in [-0.2, -0.15) is 0 Å². The van der Waals surface area contributed by atoms with Crippen LogP contribution in [0.1, 0.15) is 35.2 Å². The Kier molecular flexibility index (Phi) is 4.78. The SMILES string of the molecule is COC(=O)c1ccc(COCCC2CC2)c(Br)c1. The van der Waals surface area contributed by atoms with Gasteiger partial charge >= 0.3 is 5.97 Å². The Morgan fingerprint density at radius 2 is 2.22 bits per heavy atom. The van der Waals surface area contributed by atoms with Gasteiger partial charge in [0.1, 0.15) is 0 Å². The van der Waals surface area contributed by atoms with Crippen molar-refractivity contribution >= 4 is 21.9 Å². The summed E-state index contributed by atoms with van der Waals surface area (Å²) in [6, 6.07) is 5.43. The molecular formula is C14H17BrO3. The van der Waals surface area contributed by atoms with Crippen LogP contribution in [-0.4, -0.2) is 19.7 Å². The molecule has 0 unspecified atom stereocenters. The minimum Gasteiger partial charge on any atom is -0.465 e. The average molecular weight is 313 g/mol. The summed E-state index contributed by atoms with van der Waals surface area (Å²) in [7, 11) is 1.38.